The molecule has 3 aromatic rings. The molecule has 0 radical (unpaired) electrons. The Bertz CT molecular complexity index is 1150. The molecule has 10 heteroatoms. The highest BCUT2D eigenvalue weighted by atomic mass is 35.5. The molecule has 0 aliphatic carbocycles. The van der Waals surface area contributed by atoms with E-state index in [2.05, 4.69) is 21.2 Å². The molecule has 0 bridgehead atoms. The van der Waals surface area contributed by atoms with Gasteiger partial charge in [-0.1, -0.05) is 29.0 Å². The minimum absolute atomic E-state index is 0.162. The summed E-state index contributed by atoms with van der Waals surface area (Å²) in [5, 5.41) is 4.74. The number of piperazine rings is 1. The molecule has 1 aliphatic rings. The first kappa shape index (κ1) is 26.3. The van der Waals surface area contributed by atoms with Gasteiger partial charge in [0.1, 0.15) is 5.52 Å². The van der Waals surface area contributed by atoms with Crippen LogP contribution in [0.25, 0.3) is 10.2 Å². The molecular formula is C26H33ClN4O4S. The average molecular weight is 533 g/mol. The van der Waals surface area contributed by atoms with Crippen molar-refractivity contribution in [2.45, 2.75) is 20.8 Å². The van der Waals surface area contributed by atoms with Crippen molar-refractivity contribution in [3.05, 3.63) is 40.9 Å². The number of hydrogen-bond donors (Lipinski definition) is 1. The summed E-state index contributed by atoms with van der Waals surface area (Å²) in [5.74, 6) is 1.40. The standard InChI is InChI=1S/C26H33ClN4O4S/c1-4-33-20-16-18(17-21(34-5-2)24(20)35-6-3)25(32)28-10-11-30-12-14-31(15-13-30)26-29-23-19(27)8-7-9-22(23)36-26/h7-9,16-17H,4-6,10-15H2,1-3H3,(H,28,32). The molecular weight excluding hydrogens is 500 g/mol. The molecule has 0 saturated carbocycles. The summed E-state index contributed by atoms with van der Waals surface area (Å²) < 4.78 is 18.3. The zero-order valence-corrected chi connectivity index (χ0v) is 22.6. The molecule has 2 heterocycles. The molecule has 2 aromatic carbocycles. The predicted octanol–water partition coefficient (Wildman–Crippen LogP) is 4.70. The lowest BCUT2D eigenvalue weighted by Gasteiger charge is -2.34. The predicted molar refractivity (Wildman–Crippen MR) is 146 cm³/mol. The fourth-order valence-electron chi connectivity index (χ4n) is 4.15. The lowest BCUT2D eigenvalue weighted by molar-refractivity contribution is 0.0946. The molecule has 1 amide bonds. The number of rotatable bonds is 11. The molecule has 1 saturated heterocycles. The van der Waals surface area contributed by atoms with Crippen LogP contribution in [0, 0.1) is 0 Å². The van der Waals surface area contributed by atoms with Crippen LogP contribution in [-0.4, -0.2) is 74.9 Å². The Morgan fingerprint density at radius 2 is 1.69 bits per heavy atom. The lowest BCUT2D eigenvalue weighted by Crippen LogP contribution is -2.48. The number of anilines is 1. The Balaban J connectivity index is 1.31. The summed E-state index contributed by atoms with van der Waals surface area (Å²) in [7, 11) is 0. The van der Waals surface area contributed by atoms with Gasteiger partial charge < -0.3 is 24.4 Å². The summed E-state index contributed by atoms with van der Waals surface area (Å²) in [6.07, 6.45) is 0. The van der Waals surface area contributed by atoms with Crippen LogP contribution in [0.2, 0.25) is 5.02 Å². The van der Waals surface area contributed by atoms with Crippen molar-refractivity contribution >= 4 is 44.2 Å². The Labute approximate surface area is 221 Å². The van der Waals surface area contributed by atoms with Crippen LogP contribution in [0.5, 0.6) is 17.2 Å². The molecule has 0 unspecified atom stereocenters. The molecule has 0 spiro atoms. The highest BCUT2D eigenvalue weighted by Crippen LogP contribution is 2.39. The number of carbonyl (C=O) groups is 1. The molecule has 1 N–H and O–H groups in total. The third-order valence-corrected chi connectivity index (χ3v) is 7.27. The third-order valence-electron chi connectivity index (χ3n) is 5.89. The number of halogens is 1. The number of fused-ring (bicyclic) bond motifs is 1. The van der Waals surface area contributed by atoms with E-state index in [1.54, 1.807) is 23.5 Å². The van der Waals surface area contributed by atoms with Gasteiger partial charge in [0.25, 0.3) is 5.91 Å². The number of benzene rings is 2. The minimum atomic E-state index is -0.162. The van der Waals surface area contributed by atoms with Crippen molar-refractivity contribution in [1.82, 2.24) is 15.2 Å². The topological polar surface area (TPSA) is 76.2 Å². The second-order valence-electron chi connectivity index (χ2n) is 8.27. The van der Waals surface area contributed by atoms with Gasteiger partial charge in [0.2, 0.25) is 5.75 Å². The molecule has 1 fully saturated rings. The van der Waals surface area contributed by atoms with Crippen molar-refractivity contribution < 1.29 is 19.0 Å². The van der Waals surface area contributed by atoms with E-state index in [4.69, 9.17) is 30.8 Å². The maximum atomic E-state index is 12.9. The first-order valence-corrected chi connectivity index (χ1v) is 13.6. The van der Waals surface area contributed by atoms with Crippen molar-refractivity contribution in [3.8, 4) is 17.2 Å². The van der Waals surface area contributed by atoms with Crippen LogP contribution < -0.4 is 24.4 Å². The minimum Gasteiger partial charge on any atom is -0.490 e. The van der Waals surface area contributed by atoms with Gasteiger partial charge in [0.15, 0.2) is 16.6 Å². The summed E-state index contributed by atoms with van der Waals surface area (Å²) in [6, 6.07) is 9.33. The number of para-hydroxylation sites is 1. The number of nitrogens with zero attached hydrogens (tertiary/aromatic N) is 3. The molecule has 0 atom stereocenters. The number of aromatic nitrogens is 1. The van der Waals surface area contributed by atoms with E-state index in [0.717, 1.165) is 48.1 Å². The van der Waals surface area contributed by atoms with Crippen LogP contribution in [0.3, 0.4) is 0 Å². The van der Waals surface area contributed by atoms with Crippen molar-refractivity contribution in [2.24, 2.45) is 0 Å². The SMILES string of the molecule is CCOc1cc(C(=O)NCCN2CCN(c3nc4c(Cl)cccc4s3)CC2)cc(OCC)c1OCC. The number of hydrogen-bond acceptors (Lipinski definition) is 8. The van der Waals surface area contributed by atoms with Gasteiger partial charge in [0.05, 0.1) is 29.5 Å². The molecule has 36 heavy (non-hydrogen) atoms. The average Bonchev–Trinajstić information content (AvgIpc) is 3.32. The fourth-order valence-corrected chi connectivity index (χ4v) is 5.47. The molecule has 194 valence electrons. The number of carbonyl (C=O) groups excluding carboxylic acids is 1. The summed E-state index contributed by atoms with van der Waals surface area (Å²) in [4.78, 5) is 22.3. The van der Waals surface area contributed by atoms with Crippen LogP contribution in [-0.2, 0) is 0 Å². The van der Waals surface area contributed by atoms with Crippen molar-refractivity contribution in [3.63, 3.8) is 0 Å². The maximum absolute atomic E-state index is 12.9. The van der Waals surface area contributed by atoms with E-state index >= 15 is 0 Å². The van der Waals surface area contributed by atoms with Gasteiger partial charge in [-0.15, -0.1) is 0 Å². The van der Waals surface area contributed by atoms with Crippen LogP contribution in [0.4, 0.5) is 5.13 Å². The summed E-state index contributed by atoms with van der Waals surface area (Å²) >= 11 is 7.97. The van der Waals surface area contributed by atoms with E-state index in [0.29, 0.717) is 54.2 Å². The number of amides is 1. The smallest absolute Gasteiger partial charge is 0.251 e. The largest absolute Gasteiger partial charge is 0.490 e. The van der Waals surface area contributed by atoms with E-state index in [9.17, 15) is 4.79 Å². The second-order valence-corrected chi connectivity index (χ2v) is 9.68. The molecule has 1 aromatic heterocycles. The molecule has 1 aliphatic heterocycles. The Morgan fingerprint density at radius 3 is 2.31 bits per heavy atom. The number of nitrogens with one attached hydrogen (secondary N) is 1. The maximum Gasteiger partial charge on any atom is 0.251 e. The Morgan fingerprint density at radius 1 is 1.03 bits per heavy atom. The van der Waals surface area contributed by atoms with Crippen LogP contribution >= 0.6 is 22.9 Å². The monoisotopic (exact) mass is 532 g/mol. The van der Waals surface area contributed by atoms with Crippen molar-refractivity contribution in [1.29, 1.82) is 0 Å². The first-order valence-electron chi connectivity index (χ1n) is 12.4. The third kappa shape index (κ3) is 6.14. The van der Waals surface area contributed by atoms with Gasteiger partial charge in [-0.05, 0) is 45.0 Å². The second kappa shape index (κ2) is 12.5. The van der Waals surface area contributed by atoms with E-state index < -0.39 is 0 Å². The van der Waals surface area contributed by atoms with Gasteiger partial charge in [-0.3, -0.25) is 9.69 Å². The molecule has 8 nitrogen and oxygen atoms in total. The number of thiazole rings is 1. The van der Waals surface area contributed by atoms with E-state index in [-0.39, 0.29) is 5.91 Å². The normalized spacial score (nSPS) is 14.2. The number of ether oxygens (including phenoxy) is 3. The van der Waals surface area contributed by atoms with Gasteiger partial charge in [-0.25, -0.2) is 4.98 Å². The Hall–Kier alpha value is -2.75. The highest BCUT2D eigenvalue weighted by molar-refractivity contribution is 7.22. The Kier molecular flexibility index (Phi) is 9.12. The first-order chi connectivity index (χ1) is 17.5. The van der Waals surface area contributed by atoms with Gasteiger partial charge >= 0.3 is 0 Å². The lowest BCUT2D eigenvalue weighted by atomic mass is 10.1. The van der Waals surface area contributed by atoms with E-state index in [1.807, 2.05) is 32.9 Å². The quantitative estimate of drug-likeness (QED) is 0.383. The van der Waals surface area contributed by atoms with Gasteiger partial charge in [0, 0.05) is 44.8 Å². The fraction of sp³-hybridized carbons (Fsp3) is 0.462. The van der Waals surface area contributed by atoms with Crippen LogP contribution in [0.1, 0.15) is 31.1 Å². The summed E-state index contributed by atoms with van der Waals surface area (Å²) in [6.45, 7) is 12.0. The zero-order chi connectivity index (χ0) is 25.5. The highest BCUT2D eigenvalue weighted by Gasteiger charge is 2.21. The van der Waals surface area contributed by atoms with Crippen molar-refractivity contribution in [2.75, 3.05) is 64.0 Å². The van der Waals surface area contributed by atoms with E-state index in [1.165, 1.54) is 0 Å². The summed E-state index contributed by atoms with van der Waals surface area (Å²) in [5.41, 5.74) is 1.36. The van der Waals surface area contributed by atoms with Crippen LogP contribution in [0.15, 0.2) is 30.3 Å². The zero-order valence-electron chi connectivity index (χ0n) is 21.0. The van der Waals surface area contributed by atoms with Gasteiger partial charge in [-0.2, -0.15) is 0 Å². The molecule has 4 rings (SSSR count).